The molecule has 2 nitrogen and oxygen atoms in total. The summed E-state index contributed by atoms with van der Waals surface area (Å²) in [6, 6.07) is 4.58. The summed E-state index contributed by atoms with van der Waals surface area (Å²) in [6.45, 7) is 2.96. The quantitative estimate of drug-likeness (QED) is 0.713. The molecule has 1 fully saturated rings. The molecule has 1 aliphatic rings. The largest absolute Gasteiger partial charge is 0.378 e. The Morgan fingerprint density at radius 3 is 2.57 bits per heavy atom. The molecule has 1 heterocycles. The lowest BCUT2D eigenvalue weighted by molar-refractivity contribution is 0.122. The minimum Gasteiger partial charge on any atom is -0.378 e. The van der Waals surface area contributed by atoms with Crippen LogP contribution in [0.5, 0.6) is 0 Å². The Kier molecular flexibility index (Phi) is 2.89. The third-order valence-corrected chi connectivity index (χ3v) is 2.44. The number of halogens is 2. The van der Waals surface area contributed by atoms with E-state index >= 15 is 0 Å². The topological polar surface area (TPSA) is 12.5 Å². The highest BCUT2D eigenvalue weighted by molar-refractivity contribution is 6.30. The number of ether oxygens (including phenoxy) is 1. The molecule has 1 aromatic rings. The molecule has 1 aromatic carbocycles. The van der Waals surface area contributed by atoms with E-state index in [1.165, 1.54) is 12.1 Å². The van der Waals surface area contributed by atoms with Gasteiger partial charge in [-0.05, 0) is 18.2 Å². The van der Waals surface area contributed by atoms with E-state index < -0.39 is 0 Å². The summed E-state index contributed by atoms with van der Waals surface area (Å²) in [5.74, 6) is -0.293. The van der Waals surface area contributed by atoms with Crippen LogP contribution in [0.15, 0.2) is 18.2 Å². The van der Waals surface area contributed by atoms with Gasteiger partial charge < -0.3 is 9.64 Å². The van der Waals surface area contributed by atoms with Crippen molar-refractivity contribution in [2.75, 3.05) is 31.2 Å². The monoisotopic (exact) mass is 215 g/mol. The molecule has 0 N–H and O–H groups in total. The van der Waals surface area contributed by atoms with Crippen LogP contribution in [0.2, 0.25) is 5.02 Å². The molecule has 4 heteroatoms. The van der Waals surface area contributed by atoms with Gasteiger partial charge in [-0.15, -0.1) is 0 Å². The molecule has 0 amide bonds. The normalized spacial score (nSPS) is 17.1. The predicted molar refractivity (Wildman–Crippen MR) is 54.4 cm³/mol. The second-order valence-electron chi connectivity index (χ2n) is 3.23. The van der Waals surface area contributed by atoms with Gasteiger partial charge in [0.2, 0.25) is 0 Å². The van der Waals surface area contributed by atoms with Crippen LogP contribution in [-0.2, 0) is 4.74 Å². The first kappa shape index (κ1) is 9.74. The van der Waals surface area contributed by atoms with Gasteiger partial charge in [-0.2, -0.15) is 0 Å². The van der Waals surface area contributed by atoms with Crippen molar-refractivity contribution >= 4 is 17.3 Å². The Morgan fingerprint density at radius 2 is 1.93 bits per heavy atom. The Morgan fingerprint density at radius 1 is 1.21 bits per heavy atom. The smallest absolute Gasteiger partial charge is 0.126 e. The summed E-state index contributed by atoms with van der Waals surface area (Å²) < 4.78 is 18.3. The van der Waals surface area contributed by atoms with Gasteiger partial charge in [0.25, 0.3) is 0 Å². The molecule has 0 bridgehead atoms. The lowest BCUT2D eigenvalue weighted by Crippen LogP contribution is -2.36. The number of rotatable bonds is 1. The lowest BCUT2D eigenvalue weighted by atomic mass is 10.2. The van der Waals surface area contributed by atoms with Crippen molar-refractivity contribution < 1.29 is 9.13 Å². The summed E-state index contributed by atoms with van der Waals surface area (Å²) in [5.41, 5.74) is 0.832. The molecule has 1 saturated heterocycles. The van der Waals surface area contributed by atoms with Crippen molar-refractivity contribution in [3.8, 4) is 0 Å². The summed E-state index contributed by atoms with van der Waals surface area (Å²) >= 11 is 5.77. The second kappa shape index (κ2) is 4.15. The summed E-state index contributed by atoms with van der Waals surface area (Å²) in [5, 5.41) is 0.437. The first-order valence-corrected chi connectivity index (χ1v) is 4.92. The van der Waals surface area contributed by atoms with Crippen LogP contribution in [0.4, 0.5) is 10.1 Å². The third-order valence-electron chi connectivity index (χ3n) is 2.22. The molecule has 0 radical (unpaired) electrons. The van der Waals surface area contributed by atoms with Gasteiger partial charge in [0.05, 0.1) is 13.2 Å². The number of nitrogens with zero attached hydrogens (tertiary/aromatic N) is 1. The number of hydrogen-bond donors (Lipinski definition) is 0. The highest BCUT2D eigenvalue weighted by Crippen LogP contribution is 2.22. The number of hydrogen-bond acceptors (Lipinski definition) is 2. The van der Waals surface area contributed by atoms with E-state index in [1.54, 1.807) is 6.07 Å². The summed E-state index contributed by atoms with van der Waals surface area (Å²) in [6.07, 6.45) is 0. The molecule has 14 heavy (non-hydrogen) atoms. The fraction of sp³-hybridized carbons (Fsp3) is 0.400. The van der Waals surface area contributed by atoms with Gasteiger partial charge in [0.15, 0.2) is 0 Å². The predicted octanol–water partition coefficient (Wildman–Crippen LogP) is 2.32. The van der Waals surface area contributed by atoms with Gasteiger partial charge in [0, 0.05) is 23.8 Å². The molecule has 0 aliphatic carbocycles. The fourth-order valence-corrected chi connectivity index (χ4v) is 1.76. The van der Waals surface area contributed by atoms with Crippen LogP contribution in [-0.4, -0.2) is 26.3 Å². The highest BCUT2D eigenvalue weighted by Gasteiger charge is 2.12. The van der Waals surface area contributed by atoms with E-state index in [4.69, 9.17) is 16.3 Å². The maximum absolute atomic E-state index is 13.0. The van der Waals surface area contributed by atoms with E-state index in [1.807, 2.05) is 0 Å². The van der Waals surface area contributed by atoms with Gasteiger partial charge in [0.1, 0.15) is 5.82 Å². The SMILES string of the molecule is Fc1cc(Cl)cc(N2CCOCC2)c1. The zero-order chi connectivity index (χ0) is 9.97. The molecular weight excluding hydrogens is 205 g/mol. The van der Waals surface area contributed by atoms with Crippen LogP contribution in [0.25, 0.3) is 0 Å². The van der Waals surface area contributed by atoms with E-state index in [0.29, 0.717) is 18.2 Å². The molecule has 0 aromatic heterocycles. The highest BCUT2D eigenvalue weighted by atomic mass is 35.5. The van der Waals surface area contributed by atoms with Crippen molar-refractivity contribution in [3.05, 3.63) is 29.0 Å². The standard InChI is InChI=1S/C10H11ClFNO/c11-8-5-9(12)7-10(6-8)13-1-3-14-4-2-13/h5-7H,1-4H2. The molecule has 0 atom stereocenters. The zero-order valence-electron chi connectivity index (χ0n) is 7.67. The summed E-state index contributed by atoms with van der Waals surface area (Å²) in [4.78, 5) is 2.07. The molecular formula is C10H11ClFNO. The Hall–Kier alpha value is -0.800. The Labute approximate surface area is 87.2 Å². The van der Waals surface area contributed by atoms with Gasteiger partial charge in [-0.1, -0.05) is 11.6 Å². The van der Waals surface area contributed by atoms with E-state index in [2.05, 4.69) is 4.90 Å². The molecule has 2 rings (SSSR count). The number of anilines is 1. The van der Waals surface area contributed by atoms with Crippen LogP contribution in [0, 0.1) is 5.82 Å². The van der Waals surface area contributed by atoms with E-state index in [-0.39, 0.29) is 5.82 Å². The van der Waals surface area contributed by atoms with Crippen molar-refractivity contribution in [3.63, 3.8) is 0 Å². The van der Waals surface area contributed by atoms with E-state index in [9.17, 15) is 4.39 Å². The number of morpholine rings is 1. The van der Waals surface area contributed by atoms with Gasteiger partial charge >= 0.3 is 0 Å². The second-order valence-corrected chi connectivity index (χ2v) is 3.66. The minimum atomic E-state index is -0.293. The third kappa shape index (κ3) is 2.16. The zero-order valence-corrected chi connectivity index (χ0v) is 8.43. The van der Waals surface area contributed by atoms with Crippen LogP contribution < -0.4 is 4.90 Å². The van der Waals surface area contributed by atoms with Crippen LogP contribution >= 0.6 is 11.6 Å². The first-order valence-electron chi connectivity index (χ1n) is 4.54. The molecule has 0 saturated carbocycles. The maximum Gasteiger partial charge on any atom is 0.126 e. The average Bonchev–Trinajstić information content (AvgIpc) is 2.18. The van der Waals surface area contributed by atoms with Crippen molar-refractivity contribution in [2.45, 2.75) is 0 Å². The van der Waals surface area contributed by atoms with Gasteiger partial charge in [-0.25, -0.2) is 4.39 Å². The Balaban J connectivity index is 2.21. The van der Waals surface area contributed by atoms with Gasteiger partial charge in [-0.3, -0.25) is 0 Å². The lowest BCUT2D eigenvalue weighted by Gasteiger charge is -2.28. The average molecular weight is 216 g/mol. The van der Waals surface area contributed by atoms with Crippen molar-refractivity contribution in [2.24, 2.45) is 0 Å². The van der Waals surface area contributed by atoms with Crippen molar-refractivity contribution in [1.29, 1.82) is 0 Å². The van der Waals surface area contributed by atoms with Crippen molar-refractivity contribution in [1.82, 2.24) is 0 Å². The molecule has 1 aliphatic heterocycles. The van der Waals surface area contributed by atoms with Crippen LogP contribution in [0.3, 0.4) is 0 Å². The fourth-order valence-electron chi connectivity index (χ4n) is 1.54. The first-order chi connectivity index (χ1) is 6.75. The summed E-state index contributed by atoms with van der Waals surface area (Å²) in [7, 11) is 0. The Bertz CT molecular complexity index is 306. The molecule has 0 unspecified atom stereocenters. The molecule has 0 spiro atoms. The minimum absolute atomic E-state index is 0.293. The van der Waals surface area contributed by atoms with Crippen LogP contribution in [0.1, 0.15) is 0 Å². The maximum atomic E-state index is 13.0. The molecule has 76 valence electrons. The van der Waals surface area contributed by atoms with E-state index in [0.717, 1.165) is 18.8 Å². The number of benzene rings is 1.